The third kappa shape index (κ3) is 2.76. The minimum Gasteiger partial charge on any atom is -0.458 e. The molecule has 124 valence electrons. The van der Waals surface area contributed by atoms with E-state index >= 15 is 0 Å². The molecule has 1 saturated heterocycles. The normalized spacial score (nSPS) is 21.1. The molecule has 2 aliphatic rings. The Balaban J connectivity index is 1.77. The number of fused-ring (bicyclic) bond motifs is 1. The minimum absolute atomic E-state index is 0.434. The summed E-state index contributed by atoms with van der Waals surface area (Å²) < 4.78 is 11.9. The van der Waals surface area contributed by atoms with Gasteiger partial charge in [-0.2, -0.15) is 0 Å². The summed E-state index contributed by atoms with van der Waals surface area (Å²) in [7, 11) is 0. The molecule has 4 rings (SSSR count). The SMILES string of the molecule is CCOC1O/C(=C\c2ccccc2)c2ncnc(N3CCCC3)c21. The Morgan fingerprint density at radius 3 is 2.75 bits per heavy atom. The Kier molecular flexibility index (Phi) is 4.17. The van der Waals surface area contributed by atoms with Crippen molar-refractivity contribution in [1.29, 1.82) is 0 Å². The van der Waals surface area contributed by atoms with E-state index in [0.717, 1.165) is 41.5 Å². The van der Waals surface area contributed by atoms with Crippen LogP contribution in [0.25, 0.3) is 11.8 Å². The number of rotatable bonds is 4. The summed E-state index contributed by atoms with van der Waals surface area (Å²) in [4.78, 5) is 11.3. The van der Waals surface area contributed by atoms with Crippen molar-refractivity contribution >= 4 is 17.7 Å². The highest BCUT2D eigenvalue weighted by Crippen LogP contribution is 2.43. The molecule has 2 aliphatic heterocycles. The van der Waals surface area contributed by atoms with Gasteiger partial charge in [-0.25, -0.2) is 9.97 Å². The molecule has 0 radical (unpaired) electrons. The van der Waals surface area contributed by atoms with Crippen LogP contribution in [0.3, 0.4) is 0 Å². The average Bonchev–Trinajstić information content (AvgIpc) is 3.25. The van der Waals surface area contributed by atoms with Crippen LogP contribution in [0.1, 0.15) is 42.9 Å². The summed E-state index contributed by atoms with van der Waals surface area (Å²) in [5, 5.41) is 0. The van der Waals surface area contributed by atoms with Crippen molar-refractivity contribution in [2.75, 3.05) is 24.6 Å². The molecule has 0 aliphatic carbocycles. The Bertz CT molecular complexity index is 740. The second kappa shape index (κ2) is 6.61. The third-order valence-electron chi connectivity index (χ3n) is 4.39. The molecule has 0 N–H and O–H groups in total. The van der Waals surface area contributed by atoms with E-state index in [2.05, 4.69) is 14.9 Å². The van der Waals surface area contributed by atoms with Gasteiger partial charge in [0.15, 0.2) is 0 Å². The van der Waals surface area contributed by atoms with Crippen molar-refractivity contribution in [3.05, 3.63) is 53.5 Å². The number of benzene rings is 1. The maximum Gasteiger partial charge on any atom is 0.232 e. The molecule has 0 spiro atoms. The molecule has 5 nitrogen and oxygen atoms in total. The molecule has 1 atom stereocenters. The van der Waals surface area contributed by atoms with Crippen molar-refractivity contribution in [3.8, 4) is 0 Å². The number of hydrogen-bond acceptors (Lipinski definition) is 5. The lowest BCUT2D eigenvalue weighted by Gasteiger charge is -2.20. The molecule has 1 aromatic heterocycles. The highest BCUT2D eigenvalue weighted by molar-refractivity contribution is 5.81. The molecule has 2 aromatic rings. The number of nitrogens with zero attached hydrogens (tertiary/aromatic N) is 3. The first-order valence-corrected chi connectivity index (χ1v) is 8.52. The molecule has 24 heavy (non-hydrogen) atoms. The predicted octanol–water partition coefficient (Wildman–Crippen LogP) is 3.64. The summed E-state index contributed by atoms with van der Waals surface area (Å²) in [6.07, 6.45) is 5.61. The Hall–Kier alpha value is -2.40. The van der Waals surface area contributed by atoms with Crippen molar-refractivity contribution < 1.29 is 9.47 Å². The Morgan fingerprint density at radius 1 is 1.21 bits per heavy atom. The Morgan fingerprint density at radius 2 is 2.00 bits per heavy atom. The van der Waals surface area contributed by atoms with Crippen LogP contribution in [-0.2, 0) is 9.47 Å². The molecule has 1 aromatic carbocycles. The molecule has 0 amide bonds. The smallest absolute Gasteiger partial charge is 0.232 e. The largest absolute Gasteiger partial charge is 0.458 e. The molecular formula is C19H21N3O2. The molecule has 5 heteroatoms. The van der Waals surface area contributed by atoms with Crippen LogP contribution in [0, 0.1) is 0 Å². The van der Waals surface area contributed by atoms with E-state index in [1.807, 2.05) is 43.3 Å². The van der Waals surface area contributed by atoms with Crippen LogP contribution >= 0.6 is 0 Å². The minimum atomic E-state index is -0.434. The van der Waals surface area contributed by atoms with Crippen molar-refractivity contribution in [3.63, 3.8) is 0 Å². The maximum atomic E-state index is 6.09. The van der Waals surface area contributed by atoms with Crippen LogP contribution in [0.5, 0.6) is 0 Å². The first kappa shape index (κ1) is 15.1. The van der Waals surface area contributed by atoms with Crippen LogP contribution in [-0.4, -0.2) is 29.7 Å². The van der Waals surface area contributed by atoms with E-state index in [0.29, 0.717) is 6.61 Å². The molecule has 1 unspecified atom stereocenters. The van der Waals surface area contributed by atoms with E-state index in [1.54, 1.807) is 6.33 Å². The molecule has 0 saturated carbocycles. The zero-order chi connectivity index (χ0) is 16.4. The fourth-order valence-electron chi connectivity index (χ4n) is 3.28. The summed E-state index contributed by atoms with van der Waals surface area (Å²) in [6, 6.07) is 10.1. The van der Waals surface area contributed by atoms with Gasteiger partial charge in [0, 0.05) is 19.7 Å². The van der Waals surface area contributed by atoms with Crippen molar-refractivity contribution in [2.45, 2.75) is 26.1 Å². The third-order valence-corrected chi connectivity index (χ3v) is 4.39. The average molecular weight is 323 g/mol. The summed E-state index contributed by atoms with van der Waals surface area (Å²) in [6.45, 7) is 4.61. The van der Waals surface area contributed by atoms with Gasteiger partial charge in [0.05, 0.1) is 5.56 Å². The highest BCUT2D eigenvalue weighted by Gasteiger charge is 2.35. The number of ether oxygens (including phenoxy) is 2. The quantitative estimate of drug-likeness (QED) is 0.859. The van der Waals surface area contributed by atoms with E-state index in [9.17, 15) is 0 Å². The fraction of sp³-hybridized carbons (Fsp3) is 0.368. The van der Waals surface area contributed by atoms with Gasteiger partial charge in [-0.05, 0) is 31.4 Å². The maximum absolute atomic E-state index is 6.09. The van der Waals surface area contributed by atoms with Gasteiger partial charge in [0.1, 0.15) is 23.6 Å². The lowest BCUT2D eigenvalue weighted by Crippen LogP contribution is -2.22. The Labute approximate surface area is 141 Å². The monoisotopic (exact) mass is 323 g/mol. The number of aromatic nitrogens is 2. The zero-order valence-corrected chi connectivity index (χ0v) is 13.8. The zero-order valence-electron chi connectivity index (χ0n) is 13.8. The van der Waals surface area contributed by atoms with Gasteiger partial charge < -0.3 is 14.4 Å². The molecule has 1 fully saturated rings. The molecule has 0 bridgehead atoms. The van der Waals surface area contributed by atoms with Gasteiger partial charge in [0.25, 0.3) is 0 Å². The first-order chi connectivity index (χ1) is 11.9. The van der Waals surface area contributed by atoms with Gasteiger partial charge >= 0.3 is 0 Å². The standard InChI is InChI=1S/C19H21N3O2/c1-2-23-19-16-17(15(24-19)12-14-8-4-3-5-9-14)20-13-21-18(16)22-10-6-7-11-22/h3-5,8-9,12-13,19H,2,6-7,10-11H2,1H3/b15-12-. The van der Waals surface area contributed by atoms with Crippen LogP contribution in [0.15, 0.2) is 36.7 Å². The van der Waals surface area contributed by atoms with Gasteiger partial charge in [-0.1, -0.05) is 30.3 Å². The van der Waals surface area contributed by atoms with Crippen molar-refractivity contribution in [1.82, 2.24) is 9.97 Å². The molecule has 3 heterocycles. The first-order valence-electron chi connectivity index (χ1n) is 8.52. The van der Waals surface area contributed by atoms with Crippen molar-refractivity contribution in [2.24, 2.45) is 0 Å². The lowest BCUT2D eigenvalue weighted by molar-refractivity contribution is -0.0859. The van der Waals surface area contributed by atoms with E-state index in [4.69, 9.17) is 9.47 Å². The van der Waals surface area contributed by atoms with Gasteiger partial charge in [0.2, 0.25) is 6.29 Å². The van der Waals surface area contributed by atoms with E-state index in [-0.39, 0.29) is 0 Å². The fourth-order valence-corrected chi connectivity index (χ4v) is 3.28. The van der Waals surface area contributed by atoms with Crippen LogP contribution in [0.2, 0.25) is 0 Å². The summed E-state index contributed by atoms with van der Waals surface area (Å²) in [5.74, 6) is 1.70. The van der Waals surface area contributed by atoms with E-state index in [1.165, 1.54) is 12.8 Å². The predicted molar refractivity (Wildman–Crippen MR) is 93.2 cm³/mol. The van der Waals surface area contributed by atoms with E-state index < -0.39 is 6.29 Å². The van der Waals surface area contributed by atoms with Gasteiger partial charge in [-0.15, -0.1) is 0 Å². The topological polar surface area (TPSA) is 47.5 Å². The van der Waals surface area contributed by atoms with Crippen LogP contribution in [0.4, 0.5) is 5.82 Å². The number of hydrogen-bond donors (Lipinski definition) is 0. The molecular weight excluding hydrogens is 302 g/mol. The second-order valence-electron chi connectivity index (χ2n) is 5.98. The summed E-state index contributed by atoms with van der Waals surface area (Å²) in [5.41, 5.74) is 2.88. The van der Waals surface area contributed by atoms with Crippen LogP contribution < -0.4 is 4.90 Å². The summed E-state index contributed by atoms with van der Waals surface area (Å²) >= 11 is 0. The highest BCUT2D eigenvalue weighted by atomic mass is 16.7. The number of anilines is 1. The second-order valence-corrected chi connectivity index (χ2v) is 5.98. The lowest BCUT2D eigenvalue weighted by atomic mass is 10.1. The van der Waals surface area contributed by atoms with Gasteiger partial charge in [-0.3, -0.25) is 0 Å².